The molecular formula is C16H16O3. The molecule has 0 spiro atoms. The van der Waals surface area contributed by atoms with Gasteiger partial charge in [-0.05, 0) is 29.8 Å². The second-order valence-electron chi connectivity index (χ2n) is 4.04. The van der Waals surface area contributed by atoms with E-state index >= 15 is 0 Å². The lowest BCUT2D eigenvalue weighted by Gasteiger charge is -2.02. The van der Waals surface area contributed by atoms with Crippen LogP contribution in [0.1, 0.15) is 23.3 Å². The number of furan rings is 1. The maximum atomic E-state index is 8.64. The van der Waals surface area contributed by atoms with E-state index in [-0.39, 0.29) is 6.61 Å². The first-order chi connectivity index (χ1) is 9.38. The number of ether oxygens (including phenoxy) is 1. The minimum Gasteiger partial charge on any atom is -0.467 e. The highest BCUT2D eigenvalue weighted by Crippen LogP contribution is 2.08. The molecule has 0 saturated carbocycles. The van der Waals surface area contributed by atoms with Gasteiger partial charge in [0.25, 0.3) is 0 Å². The maximum Gasteiger partial charge on any atom is 0.129 e. The Morgan fingerprint density at radius 2 is 1.95 bits per heavy atom. The van der Waals surface area contributed by atoms with Crippen LogP contribution in [0.25, 0.3) is 0 Å². The molecule has 0 atom stereocenters. The monoisotopic (exact) mass is 256 g/mol. The number of aliphatic hydroxyl groups is 1. The molecule has 0 unspecified atom stereocenters. The summed E-state index contributed by atoms with van der Waals surface area (Å²) in [7, 11) is 0. The molecule has 0 aliphatic carbocycles. The number of benzene rings is 1. The van der Waals surface area contributed by atoms with Crippen molar-refractivity contribution in [2.24, 2.45) is 0 Å². The van der Waals surface area contributed by atoms with E-state index in [9.17, 15) is 0 Å². The zero-order valence-electron chi connectivity index (χ0n) is 10.6. The molecule has 3 heteroatoms. The molecule has 1 aromatic carbocycles. The lowest BCUT2D eigenvalue weighted by Crippen LogP contribution is -1.93. The normalized spacial score (nSPS) is 9.95. The lowest BCUT2D eigenvalue weighted by atomic mass is 10.1. The Morgan fingerprint density at radius 3 is 2.63 bits per heavy atom. The zero-order chi connectivity index (χ0) is 13.3. The minimum atomic E-state index is 0.103. The van der Waals surface area contributed by atoms with E-state index in [1.54, 1.807) is 6.26 Å². The average Bonchev–Trinajstić information content (AvgIpc) is 2.94. The highest BCUT2D eigenvalue weighted by molar-refractivity contribution is 5.35. The largest absolute Gasteiger partial charge is 0.467 e. The fraction of sp³-hybridized carbons (Fsp3) is 0.250. The second-order valence-corrected chi connectivity index (χ2v) is 4.04. The summed E-state index contributed by atoms with van der Waals surface area (Å²) in [5.41, 5.74) is 2.04. The van der Waals surface area contributed by atoms with Crippen molar-refractivity contribution in [2.45, 2.75) is 19.6 Å². The van der Waals surface area contributed by atoms with Crippen LogP contribution >= 0.6 is 0 Å². The summed E-state index contributed by atoms with van der Waals surface area (Å²) in [4.78, 5) is 0. The number of rotatable bonds is 5. The van der Waals surface area contributed by atoms with Gasteiger partial charge in [0, 0.05) is 12.0 Å². The molecule has 0 fully saturated rings. The number of hydrogen-bond donors (Lipinski definition) is 1. The molecule has 0 aliphatic heterocycles. The van der Waals surface area contributed by atoms with Crippen LogP contribution in [0.2, 0.25) is 0 Å². The lowest BCUT2D eigenvalue weighted by molar-refractivity contribution is 0.0929. The highest BCUT2D eigenvalue weighted by Gasteiger charge is 1.97. The van der Waals surface area contributed by atoms with Crippen molar-refractivity contribution >= 4 is 0 Å². The summed E-state index contributed by atoms with van der Waals surface area (Å²) in [6.07, 6.45) is 2.15. The Balaban J connectivity index is 1.80. The van der Waals surface area contributed by atoms with Gasteiger partial charge in [-0.25, -0.2) is 0 Å². The van der Waals surface area contributed by atoms with Crippen LogP contribution in [-0.4, -0.2) is 11.7 Å². The zero-order valence-corrected chi connectivity index (χ0v) is 10.6. The van der Waals surface area contributed by atoms with Gasteiger partial charge in [0.1, 0.15) is 12.4 Å². The molecule has 3 nitrogen and oxygen atoms in total. The van der Waals surface area contributed by atoms with Crippen molar-refractivity contribution in [2.75, 3.05) is 6.61 Å². The SMILES string of the molecule is OCCC#Cc1ccc(COCc2ccco2)cc1. The van der Waals surface area contributed by atoms with Gasteiger partial charge in [-0.1, -0.05) is 24.0 Å². The predicted molar refractivity (Wildman–Crippen MR) is 72.2 cm³/mol. The third-order valence-electron chi connectivity index (χ3n) is 2.52. The van der Waals surface area contributed by atoms with E-state index in [4.69, 9.17) is 14.3 Å². The van der Waals surface area contributed by atoms with Crippen molar-refractivity contribution in [3.63, 3.8) is 0 Å². The summed E-state index contributed by atoms with van der Waals surface area (Å²) in [6.45, 7) is 1.13. The van der Waals surface area contributed by atoms with Crippen LogP contribution in [0.15, 0.2) is 47.1 Å². The third-order valence-corrected chi connectivity index (χ3v) is 2.52. The van der Waals surface area contributed by atoms with Crippen molar-refractivity contribution in [3.8, 4) is 11.8 Å². The Bertz CT molecular complexity index is 530. The quantitative estimate of drug-likeness (QED) is 0.836. The third kappa shape index (κ3) is 4.63. The van der Waals surface area contributed by atoms with Crippen molar-refractivity contribution < 1.29 is 14.3 Å². The summed E-state index contributed by atoms with van der Waals surface area (Å²) in [6, 6.07) is 11.6. The molecule has 0 radical (unpaired) electrons. The smallest absolute Gasteiger partial charge is 0.129 e. The molecule has 0 saturated heterocycles. The molecule has 2 rings (SSSR count). The van der Waals surface area contributed by atoms with Gasteiger partial charge < -0.3 is 14.3 Å². The molecule has 0 amide bonds. The Labute approximate surface area is 112 Å². The van der Waals surface area contributed by atoms with E-state index in [1.807, 2.05) is 36.4 Å². The van der Waals surface area contributed by atoms with Gasteiger partial charge in [-0.3, -0.25) is 0 Å². The minimum absolute atomic E-state index is 0.103. The van der Waals surface area contributed by atoms with Gasteiger partial charge in [-0.15, -0.1) is 0 Å². The summed E-state index contributed by atoms with van der Waals surface area (Å²) in [5.74, 6) is 6.70. The van der Waals surface area contributed by atoms with Crippen molar-refractivity contribution in [1.82, 2.24) is 0 Å². The molecular weight excluding hydrogens is 240 g/mol. The van der Waals surface area contributed by atoms with Gasteiger partial charge in [0.05, 0.1) is 19.5 Å². The van der Waals surface area contributed by atoms with Crippen molar-refractivity contribution in [3.05, 3.63) is 59.5 Å². The first kappa shape index (κ1) is 13.4. The van der Waals surface area contributed by atoms with Crippen LogP contribution in [0.3, 0.4) is 0 Å². The van der Waals surface area contributed by atoms with Gasteiger partial charge in [-0.2, -0.15) is 0 Å². The maximum absolute atomic E-state index is 8.64. The van der Waals surface area contributed by atoms with E-state index in [0.29, 0.717) is 19.6 Å². The van der Waals surface area contributed by atoms with E-state index in [1.165, 1.54) is 0 Å². The standard InChI is InChI=1S/C16H16O3/c17-10-2-1-4-14-6-8-15(9-7-14)12-18-13-16-5-3-11-19-16/h3,5-9,11,17H,2,10,12-13H2. The van der Waals surface area contributed by atoms with E-state index in [2.05, 4.69) is 11.8 Å². The van der Waals surface area contributed by atoms with Crippen LogP contribution in [0.5, 0.6) is 0 Å². The molecule has 19 heavy (non-hydrogen) atoms. The van der Waals surface area contributed by atoms with Crippen LogP contribution in [0.4, 0.5) is 0 Å². The Morgan fingerprint density at radius 1 is 1.11 bits per heavy atom. The van der Waals surface area contributed by atoms with E-state index in [0.717, 1.165) is 16.9 Å². The summed E-state index contributed by atoms with van der Waals surface area (Å²) < 4.78 is 10.7. The van der Waals surface area contributed by atoms with Crippen LogP contribution in [0, 0.1) is 11.8 Å². The Hall–Kier alpha value is -2.02. The second kappa shape index (κ2) is 7.42. The first-order valence-electron chi connectivity index (χ1n) is 6.17. The fourth-order valence-electron chi connectivity index (χ4n) is 1.57. The average molecular weight is 256 g/mol. The molecule has 0 bridgehead atoms. The molecule has 1 N–H and O–H groups in total. The molecule has 0 aliphatic rings. The van der Waals surface area contributed by atoms with E-state index < -0.39 is 0 Å². The Kier molecular flexibility index (Phi) is 5.24. The molecule has 98 valence electrons. The predicted octanol–water partition coefficient (Wildman–Crippen LogP) is 2.73. The summed E-state index contributed by atoms with van der Waals surface area (Å²) in [5, 5.41) is 8.64. The highest BCUT2D eigenvalue weighted by atomic mass is 16.5. The molecule has 1 heterocycles. The molecule has 1 aromatic heterocycles. The fourth-order valence-corrected chi connectivity index (χ4v) is 1.57. The molecule has 2 aromatic rings. The van der Waals surface area contributed by atoms with Crippen LogP contribution < -0.4 is 0 Å². The topological polar surface area (TPSA) is 42.6 Å². The van der Waals surface area contributed by atoms with Gasteiger partial charge >= 0.3 is 0 Å². The number of aliphatic hydroxyl groups excluding tert-OH is 1. The van der Waals surface area contributed by atoms with Gasteiger partial charge in [0.2, 0.25) is 0 Å². The van der Waals surface area contributed by atoms with Crippen LogP contribution in [-0.2, 0) is 18.0 Å². The van der Waals surface area contributed by atoms with Gasteiger partial charge in [0.15, 0.2) is 0 Å². The number of hydrogen-bond acceptors (Lipinski definition) is 3. The van der Waals surface area contributed by atoms with Crippen molar-refractivity contribution in [1.29, 1.82) is 0 Å². The first-order valence-corrected chi connectivity index (χ1v) is 6.17. The summed E-state index contributed by atoms with van der Waals surface area (Å²) >= 11 is 0.